The van der Waals surface area contributed by atoms with Gasteiger partial charge in [0.2, 0.25) is 0 Å². The minimum atomic E-state index is 0.628. The fourth-order valence-electron chi connectivity index (χ4n) is 2.49. The maximum Gasteiger partial charge on any atom is -0.0140 e. The zero-order valence-electron chi connectivity index (χ0n) is 9.55. The number of hydrogen-bond donors (Lipinski definition) is 0. The Morgan fingerprint density at radius 3 is 2.21 bits per heavy atom. The predicted molar refractivity (Wildman–Crippen MR) is 64.1 cm³/mol. The zero-order chi connectivity index (χ0) is 10.7. The first-order valence-corrected chi connectivity index (χ1v) is 5.49. The Kier molecular flexibility index (Phi) is 3.74. The minimum Gasteiger partial charge on any atom is -0.103 e. The van der Waals surface area contributed by atoms with Crippen LogP contribution >= 0.6 is 0 Å². The van der Waals surface area contributed by atoms with E-state index in [1.54, 1.807) is 0 Å². The molecule has 0 amide bonds. The van der Waals surface area contributed by atoms with Gasteiger partial charge in [-0.25, -0.2) is 0 Å². The minimum absolute atomic E-state index is 0.628. The predicted octanol–water partition coefficient (Wildman–Crippen LogP) is 4.36. The topological polar surface area (TPSA) is 0 Å². The third kappa shape index (κ3) is 2.37. The SMILES string of the molecule is C=CC1CCC(C(=C)C)CC1C(=C)C. The molecule has 0 nitrogen and oxygen atoms in total. The Bertz CT molecular complexity index is 247. The molecule has 3 atom stereocenters. The van der Waals surface area contributed by atoms with Gasteiger partial charge in [-0.1, -0.05) is 30.4 Å². The van der Waals surface area contributed by atoms with E-state index in [9.17, 15) is 0 Å². The molecule has 78 valence electrons. The average Bonchev–Trinajstić information content (AvgIpc) is 2.16. The van der Waals surface area contributed by atoms with Crippen LogP contribution < -0.4 is 0 Å². The van der Waals surface area contributed by atoms with Crippen LogP contribution in [0.2, 0.25) is 0 Å². The first kappa shape index (κ1) is 11.3. The van der Waals surface area contributed by atoms with Gasteiger partial charge >= 0.3 is 0 Å². The zero-order valence-corrected chi connectivity index (χ0v) is 9.55. The van der Waals surface area contributed by atoms with Crippen LogP contribution in [0, 0.1) is 17.8 Å². The molecular weight excluding hydrogens is 168 g/mol. The molecule has 1 aliphatic carbocycles. The summed E-state index contributed by atoms with van der Waals surface area (Å²) in [5.41, 5.74) is 2.64. The lowest BCUT2D eigenvalue weighted by atomic mass is 9.70. The molecule has 3 unspecified atom stereocenters. The van der Waals surface area contributed by atoms with Crippen LogP contribution in [0.5, 0.6) is 0 Å². The van der Waals surface area contributed by atoms with Gasteiger partial charge in [-0.05, 0) is 50.9 Å². The normalized spacial score (nSPS) is 32.3. The average molecular weight is 190 g/mol. The summed E-state index contributed by atoms with van der Waals surface area (Å²) >= 11 is 0. The van der Waals surface area contributed by atoms with E-state index in [0.29, 0.717) is 17.8 Å². The standard InChI is InChI=1S/C14H22/c1-6-12-7-8-13(10(2)3)9-14(12)11(4)5/h6,12-14H,1-2,4,7-9H2,3,5H3. The lowest BCUT2D eigenvalue weighted by molar-refractivity contribution is 0.268. The van der Waals surface area contributed by atoms with Crippen molar-refractivity contribution in [3.05, 3.63) is 37.0 Å². The highest BCUT2D eigenvalue weighted by Gasteiger charge is 2.29. The van der Waals surface area contributed by atoms with E-state index >= 15 is 0 Å². The molecule has 0 radical (unpaired) electrons. The summed E-state index contributed by atoms with van der Waals surface area (Å²) in [6.07, 6.45) is 5.85. The summed E-state index contributed by atoms with van der Waals surface area (Å²) in [5.74, 6) is 1.97. The Morgan fingerprint density at radius 1 is 1.14 bits per heavy atom. The molecule has 0 aromatic rings. The fraction of sp³-hybridized carbons (Fsp3) is 0.571. The first-order valence-electron chi connectivity index (χ1n) is 5.49. The van der Waals surface area contributed by atoms with Crippen LogP contribution in [0.4, 0.5) is 0 Å². The lowest BCUT2D eigenvalue weighted by Crippen LogP contribution is -2.24. The second-order valence-corrected chi connectivity index (χ2v) is 4.71. The van der Waals surface area contributed by atoms with Crippen molar-refractivity contribution in [2.24, 2.45) is 17.8 Å². The van der Waals surface area contributed by atoms with Gasteiger partial charge in [0.05, 0.1) is 0 Å². The Hall–Kier alpha value is -0.780. The highest BCUT2D eigenvalue weighted by Crippen LogP contribution is 2.40. The lowest BCUT2D eigenvalue weighted by Gasteiger charge is -2.35. The van der Waals surface area contributed by atoms with Crippen LogP contribution in [-0.2, 0) is 0 Å². The molecule has 0 bridgehead atoms. The number of allylic oxidation sites excluding steroid dienone is 3. The Morgan fingerprint density at radius 2 is 1.79 bits per heavy atom. The van der Waals surface area contributed by atoms with Crippen molar-refractivity contribution in [3.8, 4) is 0 Å². The van der Waals surface area contributed by atoms with Gasteiger partial charge in [-0.15, -0.1) is 6.58 Å². The van der Waals surface area contributed by atoms with E-state index in [1.807, 2.05) is 0 Å². The molecular formula is C14H22. The summed E-state index contributed by atoms with van der Waals surface area (Å²) in [6.45, 7) is 16.4. The van der Waals surface area contributed by atoms with Crippen molar-refractivity contribution < 1.29 is 0 Å². The quantitative estimate of drug-likeness (QED) is 0.580. The summed E-state index contributed by atoms with van der Waals surface area (Å²) < 4.78 is 0. The Labute approximate surface area is 88.4 Å². The smallest absolute Gasteiger partial charge is 0.0140 e. The molecule has 0 saturated heterocycles. The van der Waals surface area contributed by atoms with Gasteiger partial charge < -0.3 is 0 Å². The van der Waals surface area contributed by atoms with E-state index in [0.717, 1.165) is 0 Å². The van der Waals surface area contributed by atoms with Gasteiger partial charge in [0, 0.05) is 0 Å². The van der Waals surface area contributed by atoms with Crippen LogP contribution in [-0.4, -0.2) is 0 Å². The third-order valence-electron chi connectivity index (χ3n) is 3.54. The molecule has 0 heteroatoms. The maximum absolute atomic E-state index is 4.09. The third-order valence-corrected chi connectivity index (χ3v) is 3.54. The van der Waals surface area contributed by atoms with Crippen LogP contribution in [0.1, 0.15) is 33.1 Å². The maximum atomic E-state index is 4.09. The molecule has 0 aliphatic heterocycles. The summed E-state index contributed by atoms with van der Waals surface area (Å²) in [7, 11) is 0. The number of hydrogen-bond acceptors (Lipinski definition) is 0. The van der Waals surface area contributed by atoms with E-state index in [4.69, 9.17) is 0 Å². The molecule has 0 aromatic heterocycles. The molecule has 1 fully saturated rings. The first-order chi connectivity index (χ1) is 6.56. The molecule has 1 rings (SSSR count). The summed E-state index contributed by atoms with van der Waals surface area (Å²) in [4.78, 5) is 0. The summed E-state index contributed by atoms with van der Waals surface area (Å²) in [5, 5.41) is 0. The van der Waals surface area contributed by atoms with Crippen molar-refractivity contribution in [1.29, 1.82) is 0 Å². The van der Waals surface area contributed by atoms with Gasteiger partial charge in [-0.2, -0.15) is 0 Å². The van der Waals surface area contributed by atoms with Crippen LogP contribution in [0.25, 0.3) is 0 Å². The van der Waals surface area contributed by atoms with Crippen molar-refractivity contribution in [3.63, 3.8) is 0 Å². The molecule has 1 aliphatic rings. The van der Waals surface area contributed by atoms with Crippen LogP contribution in [0.15, 0.2) is 37.0 Å². The van der Waals surface area contributed by atoms with Crippen molar-refractivity contribution >= 4 is 0 Å². The van der Waals surface area contributed by atoms with Gasteiger partial charge in [0.1, 0.15) is 0 Å². The largest absolute Gasteiger partial charge is 0.103 e. The highest BCUT2D eigenvalue weighted by molar-refractivity contribution is 5.10. The van der Waals surface area contributed by atoms with Crippen LogP contribution in [0.3, 0.4) is 0 Å². The van der Waals surface area contributed by atoms with E-state index in [-0.39, 0.29) is 0 Å². The van der Waals surface area contributed by atoms with Gasteiger partial charge in [-0.3, -0.25) is 0 Å². The molecule has 1 saturated carbocycles. The van der Waals surface area contributed by atoms with E-state index in [1.165, 1.54) is 30.4 Å². The van der Waals surface area contributed by atoms with Crippen molar-refractivity contribution in [2.45, 2.75) is 33.1 Å². The molecule has 0 spiro atoms. The molecule has 0 N–H and O–H groups in total. The second kappa shape index (κ2) is 4.63. The van der Waals surface area contributed by atoms with Crippen molar-refractivity contribution in [2.75, 3.05) is 0 Å². The molecule has 0 aromatic carbocycles. The second-order valence-electron chi connectivity index (χ2n) is 4.71. The Balaban J connectivity index is 2.71. The van der Waals surface area contributed by atoms with Gasteiger partial charge in [0.15, 0.2) is 0 Å². The summed E-state index contributed by atoms with van der Waals surface area (Å²) in [6, 6.07) is 0. The van der Waals surface area contributed by atoms with Gasteiger partial charge in [0.25, 0.3) is 0 Å². The molecule has 14 heavy (non-hydrogen) atoms. The fourth-order valence-corrected chi connectivity index (χ4v) is 2.49. The highest BCUT2D eigenvalue weighted by atomic mass is 14.3. The monoisotopic (exact) mass is 190 g/mol. The van der Waals surface area contributed by atoms with E-state index < -0.39 is 0 Å². The van der Waals surface area contributed by atoms with E-state index in [2.05, 4.69) is 39.7 Å². The number of rotatable bonds is 3. The van der Waals surface area contributed by atoms with Crippen molar-refractivity contribution in [1.82, 2.24) is 0 Å². The molecule has 0 heterocycles.